The van der Waals surface area contributed by atoms with Crippen LogP contribution in [0.15, 0.2) is 41.6 Å². The molecule has 0 unspecified atom stereocenters. The van der Waals surface area contributed by atoms with E-state index >= 15 is 0 Å². The predicted octanol–water partition coefficient (Wildman–Crippen LogP) is 0.322. The van der Waals surface area contributed by atoms with E-state index in [2.05, 4.69) is 20.9 Å². The molecule has 9 heteroatoms. The molecule has 0 amide bonds. The maximum Gasteiger partial charge on any atom is 0.241 e. The first-order valence-corrected chi connectivity index (χ1v) is 8.87. The Morgan fingerprint density at radius 3 is 2.46 bits per heavy atom. The maximum atomic E-state index is 11.7. The van der Waals surface area contributed by atoms with Crippen molar-refractivity contribution < 1.29 is 8.42 Å². The van der Waals surface area contributed by atoms with Crippen LogP contribution in [0.1, 0.15) is 5.56 Å². The van der Waals surface area contributed by atoms with Gasteiger partial charge in [0, 0.05) is 38.6 Å². The number of hydrogen-bond acceptors (Lipinski definition) is 7. The highest BCUT2D eigenvalue weighted by Gasteiger charge is 2.24. The topological polar surface area (TPSA) is 116 Å². The number of sulfonamides is 1. The zero-order valence-electron chi connectivity index (χ0n) is 12.8. The minimum absolute atomic E-state index is 0.0306. The summed E-state index contributed by atoms with van der Waals surface area (Å²) in [6.45, 7) is 2.45. The standard InChI is InChI=1S/C15H16N6O2S/c16-11-12-3-5-18-14(10-12)20-6-8-21(9-7-20)15-13(24(17,22)23)2-1-4-19-15/h1-5,10H,6-9H2,(H2,17,22,23). The fourth-order valence-corrected chi connectivity index (χ4v) is 3.35. The molecule has 0 aliphatic carbocycles. The van der Waals surface area contributed by atoms with Crippen LogP contribution >= 0.6 is 0 Å². The predicted molar refractivity (Wildman–Crippen MR) is 89.0 cm³/mol. The van der Waals surface area contributed by atoms with Crippen molar-refractivity contribution in [2.45, 2.75) is 4.90 Å². The molecule has 1 fully saturated rings. The molecular formula is C15H16N6O2S. The van der Waals surface area contributed by atoms with Gasteiger partial charge in [-0.3, -0.25) is 0 Å². The largest absolute Gasteiger partial charge is 0.353 e. The third-order valence-electron chi connectivity index (χ3n) is 3.84. The first-order valence-electron chi connectivity index (χ1n) is 7.33. The van der Waals surface area contributed by atoms with Crippen molar-refractivity contribution in [3.63, 3.8) is 0 Å². The number of hydrogen-bond donors (Lipinski definition) is 1. The van der Waals surface area contributed by atoms with E-state index in [-0.39, 0.29) is 4.90 Å². The number of nitrogens with zero attached hydrogens (tertiary/aromatic N) is 5. The van der Waals surface area contributed by atoms with Gasteiger partial charge in [-0.25, -0.2) is 23.5 Å². The van der Waals surface area contributed by atoms with Crippen LogP contribution < -0.4 is 14.9 Å². The number of rotatable bonds is 3. The molecular weight excluding hydrogens is 328 g/mol. The molecule has 1 aliphatic heterocycles. The Morgan fingerprint density at radius 2 is 1.79 bits per heavy atom. The van der Waals surface area contributed by atoms with Crippen molar-refractivity contribution in [3.05, 3.63) is 42.2 Å². The summed E-state index contributed by atoms with van der Waals surface area (Å²) in [5, 5.41) is 14.2. The first-order chi connectivity index (χ1) is 11.5. The van der Waals surface area contributed by atoms with Crippen molar-refractivity contribution in [2.24, 2.45) is 5.14 Å². The first kappa shape index (κ1) is 16.2. The minimum atomic E-state index is -3.82. The number of primary sulfonamides is 1. The quantitative estimate of drug-likeness (QED) is 0.852. The Kier molecular flexibility index (Phi) is 4.33. The lowest BCUT2D eigenvalue weighted by atomic mass is 10.2. The van der Waals surface area contributed by atoms with Gasteiger partial charge in [0.05, 0.1) is 11.6 Å². The van der Waals surface area contributed by atoms with Gasteiger partial charge in [-0.2, -0.15) is 5.26 Å². The van der Waals surface area contributed by atoms with Crippen LogP contribution in [-0.4, -0.2) is 44.6 Å². The third-order valence-corrected chi connectivity index (χ3v) is 4.77. The molecule has 1 aliphatic rings. The maximum absolute atomic E-state index is 11.7. The van der Waals surface area contributed by atoms with Gasteiger partial charge >= 0.3 is 0 Å². The monoisotopic (exact) mass is 344 g/mol. The van der Waals surface area contributed by atoms with E-state index < -0.39 is 10.0 Å². The Balaban J connectivity index is 1.78. The average Bonchev–Trinajstić information content (AvgIpc) is 2.61. The smallest absolute Gasteiger partial charge is 0.241 e. The number of anilines is 2. The van der Waals surface area contributed by atoms with Gasteiger partial charge in [0.25, 0.3) is 0 Å². The second kappa shape index (κ2) is 6.43. The molecule has 1 saturated heterocycles. The Hall–Kier alpha value is -2.70. The fraction of sp³-hybridized carbons (Fsp3) is 0.267. The number of piperazine rings is 1. The van der Waals surface area contributed by atoms with Gasteiger partial charge in [0.15, 0.2) is 0 Å². The zero-order chi connectivity index (χ0) is 17.2. The van der Waals surface area contributed by atoms with Crippen LogP contribution in [0.5, 0.6) is 0 Å². The number of pyridine rings is 2. The molecule has 24 heavy (non-hydrogen) atoms. The van der Waals surface area contributed by atoms with Crippen molar-refractivity contribution in [1.29, 1.82) is 5.26 Å². The molecule has 0 bridgehead atoms. The van der Waals surface area contributed by atoms with E-state index in [9.17, 15) is 8.42 Å². The van der Waals surface area contributed by atoms with E-state index in [0.717, 1.165) is 5.82 Å². The highest BCUT2D eigenvalue weighted by molar-refractivity contribution is 7.89. The second-order valence-electron chi connectivity index (χ2n) is 5.36. The molecule has 0 atom stereocenters. The van der Waals surface area contributed by atoms with Crippen LogP contribution in [0.4, 0.5) is 11.6 Å². The van der Waals surface area contributed by atoms with Crippen LogP contribution in [0.3, 0.4) is 0 Å². The average molecular weight is 344 g/mol. The molecule has 8 nitrogen and oxygen atoms in total. The summed E-state index contributed by atoms with van der Waals surface area (Å²) < 4.78 is 23.4. The summed E-state index contributed by atoms with van der Waals surface area (Å²) in [4.78, 5) is 12.5. The Labute approximate surface area is 140 Å². The van der Waals surface area contributed by atoms with Crippen molar-refractivity contribution >= 4 is 21.7 Å². The minimum Gasteiger partial charge on any atom is -0.353 e. The SMILES string of the molecule is N#Cc1ccnc(N2CCN(c3ncccc3S(N)(=O)=O)CC2)c1. The molecule has 2 N–H and O–H groups in total. The molecule has 0 saturated carbocycles. The van der Waals surface area contributed by atoms with Crippen LogP contribution in [-0.2, 0) is 10.0 Å². The van der Waals surface area contributed by atoms with E-state index in [4.69, 9.17) is 10.4 Å². The number of nitrogens with two attached hydrogens (primary N) is 1. The molecule has 124 valence electrons. The van der Waals surface area contributed by atoms with E-state index in [1.54, 1.807) is 30.6 Å². The summed E-state index contributed by atoms with van der Waals surface area (Å²) in [7, 11) is -3.82. The third kappa shape index (κ3) is 3.29. The lowest BCUT2D eigenvalue weighted by Gasteiger charge is -2.36. The van der Waals surface area contributed by atoms with Gasteiger partial charge in [-0.05, 0) is 24.3 Å². The van der Waals surface area contributed by atoms with Crippen molar-refractivity contribution in [3.8, 4) is 6.07 Å². The lowest BCUT2D eigenvalue weighted by molar-refractivity contribution is 0.594. The van der Waals surface area contributed by atoms with Crippen molar-refractivity contribution in [2.75, 3.05) is 36.0 Å². The van der Waals surface area contributed by atoms with Gasteiger partial charge in [0.1, 0.15) is 16.5 Å². The van der Waals surface area contributed by atoms with Gasteiger partial charge in [0.2, 0.25) is 10.0 Å². The molecule has 0 aromatic carbocycles. The molecule has 0 spiro atoms. The van der Waals surface area contributed by atoms with Crippen LogP contribution in [0.2, 0.25) is 0 Å². The molecule has 3 rings (SSSR count). The van der Waals surface area contributed by atoms with E-state index in [1.807, 2.05) is 4.90 Å². The molecule has 0 radical (unpaired) electrons. The Bertz CT molecular complexity index is 885. The van der Waals surface area contributed by atoms with Gasteiger partial charge in [-0.1, -0.05) is 0 Å². The fourth-order valence-electron chi connectivity index (χ4n) is 2.65. The van der Waals surface area contributed by atoms with Crippen LogP contribution in [0.25, 0.3) is 0 Å². The van der Waals surface area contributed by atoms with Crippen molar-refractivity contribution in [1.82, 2.24) is 9.97 Å². The summed E-state index contributed by atoms with van der Waals surface area (Å²) >= 11 is 0. The molecule has 2 aromatic rings. The Morgan fingerprint density at radius 1 is 1.08 bits per heavy atom. The molecule has 2 aromatic heterocycles. The number of nitriles is 1. The van der Waals surface area contributed by atoms with E-state index in [1.165, 1.54) is 6.07 Å². The summed E-state index contributed by atoms with van der Waals surface area (Å²) in [5.41, 5.74) is 0.559. The lowest BCUT2D eigenvalue weighted by Crippen LogP contribution is -2.47. The normalized spacial score (nSPS) is 15.2. The molecule has 3 heterocycles. The highest BCUT2D eigenvalue weighted by Crippen LogP contribution is 2.23. The van der Waals surface area contributed by atoms with Crippen LogP contribution in [0, 0.1) is 11.3 Å². The zero-order valence-corrected chi connectivity index (χ0v) is 13.6. The van der Waals surface area contributed by atoms with E-state index in [0.29, 0.717) is 37.6 Å². The van der Waals surface area contributed by atoms with Gasteiger partial charge in [-0.15, -0.1) is 0 Å². The number of aromatic nitrogens is 2. The summed E-state index contributed by atoms with van der Waals surface area (Å²) in [5.74, 6) is 1.11. The highest BCUT2D eigenvalue weighted by atomic mass is 32.2. The second-order valence-corrected chi connectivity index (χ2v) is 6.89. The summed E-state index contributed by atoms with van der Waals surface area (Å²) in [6, 6.07) is 8.51. The van der Waals surface area contributed by atoms with Gasteiger partial charge < -0.3 is 9.80 Å². The summed E-state index contributed by atoms with van der Waals surface area (Å²) in [6.07, 6.45) is 3.16.